The Labute approximate surface area is 116 Å². The van der Waals surface area contributed by atoms with Gasteiger partial charge >= 0.3 is 0 Å². The predicted molar refractivity (Wildman–Crippen MR) is 72.3 cm³/mol. The van der Waals surface area contributed by atoms with Gasteiger partial charge in [-0.15, -0.1) is 0 Å². The molecular formula is C15H18F2N2O. The highest BCUT2D eigenvalue weighted by molar-refractivity contribution is 5.90. The molecule has 2 bridgehead atoms. The molecule has 2 aliphatic rings. The van der Waals surface area contributed by atoms with Crippen molar-refractivity contribution in [2.75, 3.05) is 5.32 Å². The van der Waals surface area contributed by atoms with Crippen LogP contribution in [-0.2, 0) is 4.79 Å². The molecule has 2 fully saturated rings. The maximum atomic E-state index is 13.1. The highest BCUT2D eigenvalue weighted by Crippen LogP contribution is 2.32. The van der Waals surface area contributed by atoms with Crippen molar-refractivity contribution in [1.29, 1.82) is 0 Å². The van der Waals surface area contributed by atoms with E-state index < -0.39 is 11.6 Å². The fraction of sp³-hybridized carbons (Fsp3) is 0.533. The number of carbonyl (C=O) groups excluding carboxylic acids is 1. The lowest BCUT2D eigenvalue weighted by Crippen LogP contribution is -2.39. The van der Waals surface area contributed by atoms with E-state index in [1.165, 1.54) is 18.9 Å². The molecule has 5 heteroatoms. The van der Waals surface area contributed by atoms with Crippen LogP contribution in [0, 0.1) is 17.6 Å². The van der Waals surface area contributed by atoms with Gasteiger partial charge in [0.1, 0.15) is 0 Å². The molecule has 20 heavy (non-hydrogen) atoms. The number of fused-ring (bicyclic) bond motifs is 2. The number of amides is 1. The third-order valence-corrected chi connectivity index (χ3v) is 4.25. The van der Waals surface area contributed by atoms with Gasteiger partial charge in [-0.05, 0) is 43.7 Å². The Balaban J connectivity index is 1.55. The summed E-state index contributed by atoms with van der Waals surface area (Å²) < 4.78 is 25.9. The number of carbonyl (C=O) groups is 1. The summed E-state index contributed by atoms with van der Waals surface area (Å²) in [5.41, 5.74) is 0.311. The lowest BCUT2D eigenvalue weighted by molar-refractivity contribution is -0.117. The summed E-state index contributed by atoms with van der Waals surface area (Å²) in [6.45, 7) is 0. The smallest absolute Gasteiger partial charge is 0.224 e. The fourth-order valence-corrected chi connectivity index (χ4v) is 3.39. The van der Waals surface area contributed by atoms with Crippen molar-refractivity contribution in [3.05, 3.63) is 29.8 Å². The van der Waals surface area contributed by atoms with Gasteiger partial charge in [0.25, 0.3) is 0 Å². The minimum absolute atomic E-state index is 0.123. The van der Waals surface area contributed by atoms with E-state index in [4.69, 9.17) is 0 Å². The molecule has 3 nitrogen and oxygen atoms in total. The van der Waals surface area contributed by atoms with Crippen molar-refractivity contribution in [3.63, 3.8) is 0 Å². The highest BCUT2D eigenvalue weighted by atomic mass is 19.2. The van der Waals surface area contributed by atoms with Gasteiger partial charge in [0.2, 0.25) is 5.91 Å². The lowest BCUT2D eigenvalue weighted by Gasteiger charge is -2.28. The van der Waals surface area contributed by atoms with Crippen molar-refractivity contribution in [1.82, 2.24) is 5.32 Å². The van der Waals surface area contributed by atoms with Crippen LogP contribution in [0.15, 0.2) is 18.2 Å². The first-order chi connectivity index (χ1) is 9.60. The molecule has 2 unspecified atom stereocenters. The Hall–Kier alpha value is -1.49. The van der Waals surface area contributed by atoms with Gasteiger partial charge in [0.15, 0.2) is 11.6 Å². The summed E-state index contributed by atoms with van der Waals surface area (Å²) in [6.07, 6.45) is 4.91. The molecule has 0 aliphatic carbocycles. The molecule has 1 aromatic rings. The van der Waals surface area contributed by atoms with Gasteiger partial charge in [-0.3, -0.25) is 4.79 Å². The van der Waals surface area contributed by atoms with Crippen LogP contribution in [0.2, 0.25) is 0 Å². The summed E-state index contributed by atoms with van der Waals surface area (Å²) in [5.74, 6) is -1.58. The third-order valence-electron chi connectivity index (χ3n) is 4.25. The number of anilines is 1. The number of rotatable bonds is 3. The minimum atomic E-state index is -0.942. The average Bonchev–Trinajstić information content (AvgIpc) is 2.73. The Morgan fingerprint density at radius 2 is 1.90 bits per heavy atom. The zero-order chi connectivity index (χ0) is 14.1. The summed E-state index contributed by atoms with van der Waals surface area (Å²) in [5, 5.41) is 6.18. The topological polar surface area (TPSA) is 41.1 Å². The van der Waals surface area contributed by atoms with Crippen molar-refractivity contribution >= 4 is 11.6 Å². The number of hydrogen-bond donors (Lipinski definition) is 2. The van der Waals surface area contributed by atoms with Crippen molar-refractivity contribution in [2.45, 2.75) is 44.2 Å². The standard InChI is InChI=1S/C15H18F2N2O/c16-13-4-3-12(8-14(13)17)19-15(20)7-9-5-10-1-2-11(6-9)18-10/h3-4,8-11,18H,1-2,5-7H2,(H,19,20). The van der Waals surface area contributed by atoms with E-state index in [2.05, 4.69) is 10.6 Å². The first-order valence-corrected chi connectivity index (χ1v) is 7.11. The summed E-state index contributed by atoms with van der Waals surface area (Å²) in [7, 11) is 0. The van der Waals surface area contributed by atoms with Gasteiger partial charge < -0.3 is 10.6 Å². The molecule has 1 amide bonds. The summed E-state index contributed by atoms with van der Waals surface area (Å²) in [6, 6.07) is 4.52. The second-order valence-corrected chi connectivity index (χ2v) is 5.86. The molecule has 2 N–H and O–H groups in total. The van der Waals surface area contributed by atoms with Crippen LogP contribution in [0.25, 0.3) is 0 Å². The molecular weight excluding hydrogens is 262 g/mol. The van der Waals surface area contributed by atoms with Gasteiger partial charge in [0, 0.05) is 30.3 Å². The van der Waals surface area contributed by atoms with E-state index in [-0.39, 0.29) is 5.91 Å². The Morgan fingerprint density at radius 3 is 2.55 bits per heavy atom. The van der Waals surface area contributed by atoms with E-state index in [0.717, 1.165) is 25.0 Å². The van der Waals surface area contributed by atoms with Crippen LogP contribution in [-0.4, -0.2) is 18.0 Å². The van der Waals surface area contributed by atoms with Gasteiger partial charge in [0.05, 0.1) is 0 Å². The molecule has 0 aromatic heterocycles. The first-order valence-electron chi connectivity index (χ1n) is 7.11. The number of hydrogen-bond acceptors (Lipinski definition) is 2. The number of halogens is 2. The molecule has 2 aliphatic heterocycles. The van der Waals surface area contributed by atoms with Gasteiger partial charge in [-0.2, -0.15) is 0 Å². The molecule has 0 saturated carbocycles. The predicted octanol–water partition coefficient (Wildman–Crippen LogP) is 2.82. The second-order valence-electron chi connectivity index (χ2n) is 5.86. The quantitative estimate of drug-likeness (QED) is 0.894. The number of nitrogens with one attached hydrogen (secondary N) is 2. The Bertz CT molecular complexity index is 509. The maximum Gasteiger partial charge on any atom is 0.224 e. The van der Waals surface area contributed by atoms with E-state index >= 15 is 0 Å². The summed E-state index contributed by atoms with van der Waals surface area (Å²) >= 11 is 0. The molecule has 2 heterocycles. The molecule has 0 radical (unpaired) electrons. The van der Waals surface area contributed by atoms with Crippen molar-refractivity contribution in [2.24, 2.45) is 5.92 Å². The highest BCUT2D eigenvalue weighted by Gasteiger charge is 2.34. The third kappa shape index (κ3) is 2.98. The first kappa shape index (κ1) is 13.5. The van der Waals surface area contributed by atoms with Gasteiger partial charge in [-0.1, -0.05) is 0 Å². The number of piperidine rings is 1. The van der Waals surface area contributed by atoms with E-state index in [9.17, 15) is 13.6 Å². The van der Waals surface area contributed by atoms with E-state index in [0.29, 0.717) is 30.1 Å². The van der Waals surface area contributed by atoms with Crippen LogP contribution in [0.4, 0.5) is 14.5 Å². The molecule has 2 saturated heterocycles. The molecule has 2 atom stereocenters. The minimum Gasteiger partial charge on any atom is -0.326 e. The zero-order valence-electron chi connectivity index (χ0n) is 11.2. The fourth-order valence-electron chi connectivity index (χ4n) is 3.39. The normalized spacial score (nSPS) is 28.4. The monoisotopic (exact) mass is 280 g/mol. The molecule has 1 aromatic carbocycles. The van der Waals surface area contributed by atoms with Crippen LogP contribution in [0.3, 0.4) is 0 Å². The number of benzene rings is 1. The molecule has 108 valence electrons. The van der Waals surface area contributed by atoms with Gasteiger partial charge in [-0.25, -0.2) is 8.78 Å². The second kappa shape index (κ2) is 5.48. The zero-order valence-corrected chi connectivity index (χ0v) is 11.2. The Morgan fingerprint density at radius 1 is 1.20 bits per heavy atom. The largest absolute Gasteiger partial charge is 0.326 e. The lowest BCUT2D eigenvalue weighted by atomic mass is 9.89. The van der Waals surface area contributed by atoms with E-state index in [1.54, 1.807) is 0 Å². The van der Waals surface area contributed by atoms with Crippen LogP contribution >= 0.6 is 0 Å². The average molecular weight is 280 g/mol. The molecule has 0 spiro atoms. The SMILES string of the molecule is O=C(CC1CC2CCC(C1)N2)Nc1ccc(F)c(F)c1. The van der Waals surface area contributed by atoms with Crippen LogP contribution in [0.1, 0.15) is 32.1 Å². The van der Waals surface area contributed by atoms with Crippen LogP contribution in [0.5, 0.6) is 0 Å². The van der Waals surface area contributed by atoms with Crippen molar-refractivity contribution in [3.8, 4) is 0 Å². The van der Waals surface area contributed by atoms with Crippen molar-refractivity contribution < 1.29 is 13.6 Å². The van der Waals surface area contributed by atoms with Crippen LogP contribution < -0.4 is 10.6 Å². The summed E-state index contributed by atoms with van der Waals surface area (Å²) in [4.78, 5) is 12.0. The Kier molecular flexibility index (Phi) is 3.70. The molecule has 3 rings (SSSR count). The maximum absolute atomic E-state index is 13.1. The van der Waals surface area contributed by atoms with E-state index in [1.807, 2.05) is 0 Å².